The monoisotopic (exact) mass is 351 g/mol. The minimum absolute atomic E-state index is 0.0446. The summed E-state index contributed by atoms with van der Waals surface area (Å²) in [6.07, 6.45) is 2.06. The van der Waals surface area contributed by atoms with Crippen LogP contribution >= 0.6 is 0 Å². The summed E-state index contributed by atoms with van der Waals surface area (Å²) in [5, 5.41) is 10.3. The second-order valence-electron chi connectivity index (χ2n) is 6.83. The van der Waals surface area contributed by atoms with Crippen molar-refractivity contribution in [3.05, 3.63) is 70.8 Å². The van der Waals surface area contributed by atoms with Crippen molar-refractivity contribution in [2.45, 2.75) is 31.5 Å². The summed E-state index contributed by atoms with van der Waals surface area (Å²) in [6, 6.07) is 14.9. The minimum Gasteiger partial charge on any atom is -0.389 e. The van der Waals surface area contributed by atoms with E-state index in [-0.39, 0.29) is 31.1 Å². The van der Waals surface area contributed by atoms with Crippen LogP contribution in [0.2, 0.25) is 0 Å². The van der Waals surface area contributed by atoms with Crippen molar-refractivity contribution in [3.8, 4) is 0 Å². The van der Waals surface area contributed by atoms with Crippen LogP contribution in [0.4, 0.5) is 0 Å². The summed E-state index contributed by atoms with van der Waals surface area (Å²) >= 11 is 0. The molecule has 134 valence electrons. The second-order valence-corrected chi connectivity index (χ2v) is 6.83. The molecule has 4 rings (SSSR count). The van der Waals surface area contributed by atoms with Gasteiger partial charge >= 0.3 is 0 Å². The number of rotatable bonds is 5. The van der Waals surface area contributed by atoms with E-state index in [1.54, 1.807) is 24.3 Å². The van der Waals surface area contributed by atoms with Crippen molar-refractivity contribution in [1.82, 2.24) is 4.90 Å². The Balaban J connectivity index is 1.38. The van der Waals surface area contributed by atoms with Gasteiger partial charge in [-0.1, -0.05) is 36.4 Å². The van der Waals surface area contributed by atoms with Crippen LogP contribution in [0, 0.1) is 0 Å². The highest BCUT2D eigenvalue weighted by molar-refractivity contribution is 6.21. The molecule has 0 aromatic heterocycles. The number of hydrogen-bond acceptors (Lipinski definition) is 4. The van der Waals surface area contributed by atoms with Gasteiger partial charge in [-0.15, -0.1) is 0 Å². The Morgan fingerprint density at radius 2 is 1.69 bits per heavy atom. The van der Waals surface area contributed by atoms with E-state index in [2.05, 4.69) is 12.1 Å². The molecule has 1 N–H and O–H groups in total. The quantitative estimate of drug-likeness (QED) is 0.841. The fraction of sp³-hybridized carbons (Fsp3) is 0.333. The third-order valence-corrected chi connectivity index (χ3v) is 5.08. The standard InChI is InChI=1S/C21H21NO4/c23-15(12-22-20(24)17-9-3-4-10-18(17)21(22)25)13-26-19-11-5-7-14-6-1-2-8-16(14)19/h1-4,6,8-10,15,19,23H,5,7,11-13H2/t15-,19-/m1/s1. The number of aliphatic hydroxyl groups is 1. The van der Waals surface area contributed by atoms with Gasteiger partial charge in [-0.05, 0) is 42.5 Å². The van der Waals surface area contributed by atoms with Gasteiger partial charge in [0.15, 0.2) is 0 Å². The molecule has 2 aromatic rings. The number of ether oxygens (including phenoxy) is 1. The number of aliphatic hydroxyl groups excluding tert-OH is 1. The summed E-state index contributed by atoms with van der Waals surface area (Å²) in [5.41, 5.74) is 3.25. The lowest BCUT2D eigenvalue weighted by Crippen LogP contribution is -2.39. The van der Waals surface area contributed by atoms with Crippen molar-refractivity contribution in [3.63, 3.8) is 0 Å². The highest BCUT2D eigenvalue weighted by Crippen LogP contribution is 2.32. The zero-order chi connectivity index (χ0) is 18.1. The zero-order valence-electron chi connectivity index (χ0n) is 14.4. The molecule has 5 nitrogen and oxygen atoms in total. The molecule has 1 heterocycles. The highest BCUT2D eigenvalue weighted by Gasteiger charge is 2.36. The van der Waals surface area contributed by atoms with Crippen LogP contribution in [-0.4, -0.2) is 41.1 Å². The molecular formula is C21H21NO4. The molecule has 0 radical (unpaired) electrons. The molecule has 0 unspecified atom stereocenters. The molecule has 2 aromatic carbocycles. The predicted molar refractivity (Wildman–Crippen MR) is 95.9 cm³/mol. The van der Waals surface area contributed by atoms with Gasteiger partial charge in [0.25, 0.3) is 11.8 Å². The van der Waals surface area contributed by atoms with Gasteiger partial charge in [-0.2, -0.15) is 0 Å². The molecule has 2 atom stereocenters. The summed E-state index contributed by atoms with van der Waals surface area (Å²) in [7, 11) is 0. The largest absolute Gasteiger partial charge is 0.389 e. The zero-order valence-corrected chi connectivity index (χ0v) is 14.4. The fourth-order valence-electron chi connectivity index (χ4n) is 3.78. The average Bonchev–Trinajstić information content (AvgIpc) is 2.91. The van der Waals surface area contributed by atoms with Crippen molar-refractivity contribution >= 4 is 11.8 Å². The smallest absolute Gasteiger partial charge is 0.261 e. The summed E-state index contributed by atoms with van der Waals surface area (Å²) in [4.78, 5) is 25.8. The van der Waals surface area contributed by atoms with Gasteiger partial charge in [-0.3, -0.25) is 14.5 Å². The van der Waals surface area contributed by atoms with Gasteiger partial charge < -0.3 is 9.84 Å². The van der Waals surface area contributed by atoms with Crippen molar-refractivity contribution < 1.29 is 19.4 Å². The van der Waals surface area contributed by atoms with Crippen LogP contribution in [0.3, 0.4) is 0 Å². The molecule has 0 saturated heterocycles. The molecule has 1 aliphatic heterocycles. The summed E-state index contributed by atoms with van der Waals surface area (Å²) in [6.45, 7) is 0.0348. The Hall–Kier alpha value is -2.50. The summed E-state index contributed by atoms with van der Waals surface area (Å²) < 4.78 is 5.93. The number of amides is 2. The van der Waals surface area contributed by atoms with E-state index in [1.807, 2.05) is 12.1 Å². The normalized spacial score (nSPS) is 20.0. The van der Waals surface area contributed by atoms with E-state index in [1.165, 1.54) is 11.1 Å². The molecule has 0 bridgehead atoms. The van der Waals surface area contributed by atoms with Crippen LogP contribution in [0.25, 0.3) is 0 Å². The van der Waals surface area contributed by atoms with Gasteiger partial charge in [-0.25, -0.2) is 0 Å². The number of β-amino-alcohol motifs (C(OH)–C–C–N with tert-alkyl or cyclic N) is 1. The molecule has 26 heavy (non-hydrogen) atoms. The fourth-order valence-corrected chi connectivity index (χ4v) is 3.78. The Morgan fingerprint density at radius 1 is 1.04 bits per heavy atom. The van der Waals surface area contributed by atoms with E-state index in [0.29, 0.717) is 11.1 Å². The maximum absolute atomic E-state index is 12.4. The minimum atomic E-state index is -0.911. The molecule has 2 amide bonds. The molecule has 0 fully saturated rings. The molecule has 0 saturated carbocycles. The van der Waals surface area contributed by atoms with Gasteiger partial charge in [0.2, 0.25) is 0 Å². The maximum Gasteiger partial charge on any atom is 0.261 e. The van der Waals surface area contributed by atoms with Crippen LogP contribution < -0.4 is 0 Å². The van der Waals surface area contributed by atoms with Crippen molar-refractivity contribution in [1.29, 1.82) is 0 Å². The predicted octanol–water partition coefficient (Wildman–Crippen LogP) is 2.74. The topological polar surface area (TPSA) is 66.8 Å². The van der Waals surface area contributed by atoms with E-state index in [0.717, 1.165) is 24.2 Å². The lowest BCUT2D eigenvalue weighted by atomic mass is 9.89. The van der Waals surface area contributed by atoms with Crippen molar-refractivity contribution in [2.75, 3.05) is 13.2 Å². The Morgan fingerprint density at radius 3 is 2.42 bits per heavy atom. The number of hydrogen-bond donors (Lipinski definition) is 1. The van der Waals surface area contributed by atoms with E-state index in [9.17, 15) is 14.7 Å². The first-order valence-electron chi connectivity index (χ1n) is 8.98. The molecule has 0 spiro atoms. The Labute approximate surface area is 152 Å². The number of imide groups is 1. The molecule has 2 aliphatic rings. The van der Waals surface area contributed by atoms with E-state index >= 15 is 0 Å². The average molecular weight is 351 g/mol. The van der Waals surface area contributed by atoms with Crippen molar-refractivity contribution in [2.24, 2.45) is 0 Å². The van der Waals surface area contributed by atoms with Gasteiger partial charge in [0.1, 0.15) is 0 Å². The van der Waals surface area contributed by atoms with E-state index < -0.39 is 6.10 Å². The number of fused-ring (bicyclic) bond motifs is 2. The number of nitrogens with zero attached hydrogens (tertiary/aromatic N) is 1. The van der Waals surface area contributed by atoms with Crippen LogP contribution in [0.15, 0.2) is 48.5 Å². The van der Waals surface area contributed by atoms with Gasteiger partial charge in [0, 0.05) is 0 Å². The molecule has 1 aliphatic carbocycles. The first-order valence-corrected chi connectivity index (χ1v) is 8.98. The van der Waals surface area contributed by atoms with Crippen LogP contribution in [-0.2, 0) is 11.2 Å². The summed E-state index contributed by atoms with van der Waals surface area (Å²) in [5.74, 6) is -0.708. The second kappa shape index (κ2) is 7.02. The van der Waals surface area contributed by atoms with Gasteiger partial charge in [0.05, 0.1) is 36.5 Å². The van der Waals surface area contributed by atoms with E-state index in [4.69, 9.17) is 4.74 Å². The first kappa shape index (κ1) is 16.9. The number of aryl methyl sites for hydroxylation is 1. The number of carbonyl (C=O) groups is 2. The highest BCUT2D eigenvalue weighted by atomic mass is 16.5. The maximum atomic E-state index is 12.4. The first-order chi connectivity index (χ1) is 12.6. The molecule has 5 heteroatoms. The third-order valence-electron chi connectivity index (χ3n) is 5.08. The van der Waals surface area contributed by atoms with Crippen LogP contribution in [0.5, 0.6) is 0 Å². The number of benzene rings is 2. The lowest BCUT2D eigenvalue weighted by Gasteiger charge is -2.27. The molecular weight excluding hydrogens is 330 g/mol. The lowest BCUT2D eigenvalue weighted by molar-refractivity contribution is -0.0242. The SMILES string of the molecule is O=C1c2ccccc2C(=O)N1C[C@@H](O)CO[C@@H]1CCCc2ccccc21. The third kappa shape index (κ3) is 3.04. The number of carbonyl (C=O) groups excluding carboxylic acids is 2. The van der Waals surface area contributed by atoms with Crippen LogP contribution in [0.1, 0.15) is 50.8 Å². The Kier molecular flexibility index (Phi) is 4.57. The Bertz CT molecular complexity index is 812.